The molecule has 5 amide bonds. The molecule has 0 bridgehead atoms. The standard InChI is InChI=1S/C23H26N4O5/c1-15-6-8-18(9-7-15)26-17(3)21(29)27(23(26)31)16(2)20(28)24-10-12-25(13-11-24)22(30)19-5-4-14-32-19/h4-9,14,16-17H,10-13H2,1-3H3/t16-,17-/m1/s1. The minimum absolute atomic E-state index is 0.220. The number of furan rings is 1. The van der Waals surface area contributed by atoms with Crippen molar-refractivity contribution in [3.63, 3.8) is 0 Å². The highest BCUT2D eigenvalue weighted by molar-refractivity contribution is 6.16. The maximum absolute atomic E-state index is 13.1. The summed E-state index contributed by atoms with van der Waals surface area (Å²) in [4.78, 5) is 57.2. The highest BCUT2D eigenvalue weighted by Gasteiger charge is 2.48. The van der Waals surface area contributed by atoms with E-state index in [2.05, 4.69) is 0 Å². The second kappa shape index (κ2) is 8.49. The van der Waals surface area contributed by atoms with Gasteiger partial charge in [0.25, 0.3) is 11.8 Å². The molecule has 2 fully saturated rings. The zero-order valence-corrected chi connectivity index (χ0v) is 18.4. The molecule has 9 nitrogen and oxygen atoms in total. The molecule has 3 heterocycles. The summed E-state index contributed by atoms with van der Waals surface area (Å²) in [5.41, 5.74) is 1.66. The summed E-state index contributed by atoms with van der Waals surface area (Å²) in [6.45, 7) is 6.53. The van der Waals surface area contributed by atoms with Crippen LogP contribution < -0.4 is 4.90 Å². The van der Waals surface area contributed by atoms with E-state index >= 15 is 0 Å². The van der Waals surface area contributed by atoms with Crippen LogP contribution in [0.15, 0.2) is 47.1 Å². The predicted molar refractivity (Wildman–Crippen MR) is 116 cm³/mol. The second-order valence-corrected chi connectivity index (χ2v) is 8.14. The average Bonchev–Trinajstić information content (AvgIpc) is 3.41. The molecule has 0 N–H and O–H groups in total. The Hall–Kier alpha value is -3.62. The Labute approximate surface area is 186 Å². The number of nitrogens with zero attached hydrogens (tertiary/aromatic N) is 4. The quantitative estimate of drug-likeness (QED) is 0.682. The molecule has 2 atom stereocenters. The molecule has 1 aromatic carbocycles. The fourth-order valence-electron chi connectivity index (χ4n) is 4.14. The molecule has 0 radical (unpaired) electrons. The van der Waals surface area contributed by atoms with Crippen molar-refractivity contribution in [2.24, 2.45) is 0 Å². The largest absolute Gasteiger partial charge is 0.459 e. The average molecular weight is 438 g/mol. The number of piperazine rings is 1. The first kappa shape index (κ1) is 21.6. The van der Waals surface area contributed by atoms with E-state index in [0.29, 0.717) is 31.9 Å². The van der Waals surface area contributed by atoms with Crippen LogP contribution in [-0.4, -0.2) is 76.7 Å². The molecule has 0 saturated carbocycles. The van der Waals surface area contributed by atoms with Crippen LogP contribution >= 0.6 is 0 Å². The third-order valence-corrected chi connectivity index (χ3v) is 6.06. The van der Waals surface area contributed by atoms with Gasteiger partial charge in [0.05, 0.1) is 6.26 Å². The van der Waals surface area contributed by atoms with Gasteiger partial charge in [-0.15, -0.1) is 0 Å². The molecular formula is C23H26N4O5. The lowest BCUT2D eigenvalue weighted by atomic mass is 10.2. The van der Waals surface area contributed by atoms with Gasteiger partial charge in [0.2, 0.25) is 5.91 Å². The van der Waals surface area contributed by atoms with Crippen LogP contribution in [0.1, 0.15) is 30.0 Å². The first-order valence-corrected chi connectivity index (χ1v) is 10.6. The minimum atomic E-state index is -0.930. The molecule has 4 rings (SSSR count). The number of hydrogen-bond donors (Lipinski definition) is 0. The first-order chi connectivity index (χ1) is 15.3. The van der Waals surface area contributed by atoms with Gasteiger partial charge >= 0.3 is 6.03 Å². The number of urea groups is 1. The summed E-state index contributed by atoms with van der Waals surface area (Å²) in [5, 5.41) is 0. The SMILES string of the molecule is Cc1ccc(N2C(=O)N([C@H](C)C(=O)N3CCN(C(=O)c4ccco4)CC3)C(=O)[C@H]2C)cc1. The highest BCUT2D eigenvalue weighted by Crippen LogP contribution is 2.28. The van der Waals surface area contributed by atoms with Gasteiger partial charge < -0.3 is 14.2 Å². The summed E-state index contributed by atoms with van der Waals surface area (Å²) in [7, 11) is 0. The molecule has 2 saturated heterocycles. The van der Waals surface area contributed by atoms with Crippen molar-refractivity contribution < 1.29 is 23.6 Å². The van der Waals surface area contributed by atoms with Gasteiger partial charge in [0.15, 0.2) is 5.76 Å². The van der Waals surface area contributed by atoms with Gasteiger partial charge in [-0.05, 0) is 45.0 Å². The topological polar surface area (TPSA) is 94.4 Å². The number of amides is 5. The minimum Gasteiger partial charge on any atom is -0.459 e. The molecule has 9 heteroatoms. The fraction of sp³-hybridized carbons (Fsp3) is 0.391. The Morgan fingerprint density at radius 1 is 1.00 bits per heavy atom. The Kier molecular flexibility index (Phi) is 5.73. The van der Waals surface area contributed by atoms with Gasteiger partial charge in [-0.2, -0.15) is 0 Å². The van der Waals surface area contributed by atoms with E-state index in [0.717, 1.165) is 10.5 Å². The number of aryl methyl sites for hydroxylation is 1. The Balaban J connectivity index is 1.42. The molecule has 0 aliphatic carbocycles. The number of carbonyl (C=O) groups excluding carboxylic acids is 4. The van der Waals surface area contributed by atoms with E-state index in [-0.39, 0.29) is 17.6 Å². The smallest absolute Gasteiger partial charge is 0.332 e. The summed E-state index contributed by atoms with van der Waals surface area (Å²) in [6.07, 6.45) is 1.44. The lowest BCUT2D eigenvalue weighted by Gasteiger charge is -2.36. The fourth-order valence-corrected chi connectivity index (χ4v) is 4.14. The van der Waals surface area contributed by atoms with Crippen LogP contribution in [0, 0.1) is 6.92 Å². The van der Waals surface area contributed by atoms with E-state index in [1.54, 1.807) is 47.9 Å². The van der Waals surface area contributed by atoms with Crippen molar-refractivity contribution in [2.45, 2.75) is 32.9 Å². The Morgan fingerprint density at radius 3 is 2.22 bits per heavy atom. The normalized spacial score (nSPS) is 20.2. The summed E-state index contributed by atoms with van der Waals surface area (Å²) in [5.74, 6) is -0.669. The lowest BCUT2D eigenvalue weighted by molar-refractivity contribution is -0.142. The number of benzene rings is 1. The van der Waals surface area contributed by atoms with E-state index in [1.807, 2.05) is 19.1 Å². The highest BCUT2D eigenvalue weighted by atomic mass is 16.3. The van der Waals surface area contributed by atoms with E-state index in [1.165, 1.54) is 11.2 Å². The first-order valence-electron chi connectivity index (χ1n) is 10.6. The summed E-state index contributed by atoms with van der Waals surface area (Å²) >= 11 is 0. The number of rotatable bonds is 4. The van der Waals surface area contributed by atoms with Crippen LogP contribution in [0.4, 0.5) is 10.5 Å². The van der Waals surface area contributed by atoms with Crippen LogP contribution in [0.25, 0.3) is 0 Å². The molecule has 2 aliphatic rings. The summed E-state index contributed by atoms with van der Waals surface area (Å²) in [6, 6.07) is 8.47. The molecule has 1 aromatic heterocycles. The Morgan fingerprint density at radius 2 is 1.62 bits per heavy atom. The van der Waals surface area contributed by atoms with Crippen molar-refractivity contribution >= 4 is 29.4 Å². The van der Waals surface area contributed by atoms with Crippen molar-refractivity contribution in [1.82, 2.24) is 14.7 Å². The zero-order valence-electron chi connectivity index (χ0n) is 18.4. The number of carbonyl (C=O) groups is 4. The van der Waals surface area contributed by atoms with E-state index < -0.39 is 24.0 Å². The molecular weight excluding hydrogens is 412 g/mol. The number of imide groups is 1. The Bertz CT molecular complexity index is 1030. The van der Waals surface area contributed by atoms with Gasteiger partial charge in [-0.25, -0.2) is 9.69 Å². The monoisotopic (exact) mass is 438 g/mol. The molecule has 32 heavy (non-hydrogen) atoms. The van der Waals surface area contributed by atoms with Crippen LogP contribution in [0.2, 0.25) is 0 Å². The van der Waals surface area contributed by atoms with E-state index in [4.69, 9.17) is 4.42 Å². The molecule has 168 valence electrons. The maximum atomic E-state index is 13.1. The van der Waals surface area contributed by atoms with Gasteiger partial charge in [0, 0.05) is 31.9 Å². The third kappa shape index (κ3) is 3.74. The summed E-state index contributed by atoms with van der Waals surface area (Å²) < 4.78 is 5.16. The number of anilines is 1. The molecule has 0 spiro atoms. The van der Waals surface area contributed by atoms with Crippen LogP contribution in [0.5, 0.6) is 0 Å². The third-order valence-electron chi connectivity index (χ3n) is 6.06. The van der Waals surface area contributed by atoms with E-state index in [9.17, 15) is 19.2 Å². The maximum Gasteiger partial charge on any atom is 0.332 e. The lowest BCUT2D eigenvalue weighted by Crippen LogP contribution is -2.56. The van der Waals surface area contributed by atoms with Crippen molar-refractivity contribution in [2.75, 3.05) is 31.1 Å². The predicted octanol–water partition coefficient (Wildman–Crippen LogP) is 2.12. The van der Waals surface area contributed by atoms with Crippen LogP contribution in [-0.2, 0) is 9.59 Å². The zero-order chi connectivity index (χ0) is 23.0. The number of hydrogen-bond acceptors (Lipinski definition) is 5. The molecule has 0 unspecified atom stereocenters. The van der Waals surface area contributed by atoms with Gasteiger partial charge in [-0.1, -0.05) is 17.7 Å². The second-order valence-electron chi connectivity index (χ2n) is 8.14. The molecule has 2 aromatic rings. The van der Waals surface area contributed by atoms with Crippen molar-refractivity contribution in [3.8, 4) is 0 Å². The van der Waals surface area contributed by atoms with Gasteiger partial charge in [0.1, 0.15) is 12.1 Å². The van der Waals surface area contributed by atoms with Gasteiger partial charge in [-0.3, -0.25) is 19.3 Å². The molecule has 2 aliphatic heterocycles. The van der Waals surface area contributed by atoms with Crippen molar-refractivity contribution in [1.29, 1.82) is 0 Å². The van der Waals surface area contributed by atoms with Crippen LogP contribution in [0.3, 0.4) is 0 Å². The van der Waals surface area contributed by atoms with Crippen molar-refractivity contribution in [3.05, 3.63) is 54.0 Å².